The van der Waals surface area contributed by atoms with E-state index in [1.165, 1.54) is 0 Å². The van der Waals surface area contributed by atoms with Gasteiger partial charge in [0.1, 0.15) is 11.3 Å². The topological polar surface area (TPSA) is 36.9 Å². The summed E-state index contributed by atoms with van der Waals surface area (Å²) >= 11 is 0. The molecule has 2 nitrogen and oxygen atoms in total. The summed E-state index contributed by atoms with van der Waals surface area (Å²) in [6.07, 6.45) is 3.96. The van der Waals surface area contributed by atoms with Crippen molar-refractivity contribution < 1.29 is 4.42 Å². The number of rotatable bonds is 3. The second-order valence-electron chi connectivity index (χ2n) is 5.81. The van der Waals surface area contributed by atoms with Crippen LogP contribution in [-0.4, -0.2) is 0 Å². The number of benzene rings is 3. The molecule has 0 radical (unpaired) electrons. The Bertz CT molecular complexity index is 1100. The van der Waals surface area contributed by atoms with Crippen molar-refractivity contribution in [3.63, 3.8) is 0 Å². The molecule has 3 aromatic carbocycles. The Morgan fingerprint density at radius 2 is 1.60 bits per heavy atom. The third-order valence-electron chi connectivity index (χ3n) is 4.14. The average Bonchev–Trinajstić information content (AvgIpc) is 3.10. The highest BCUT2D eigenvalue weighted by atomic mass is 16.3. The third kappa shape index (κ3) is 3.08. The van der Waals surface area contributed by atoms with E-state index in [1.807, 2.05) is 72.8 Å². The first-order valence-corrected chi connectivity index (χ1v) is 8.10. The molecule has 0 spiro atoms. The van der Waals surface area contributed by atoms with E-state index in [-0.39, 0.29) is 0 Å². The van der Waals surface area contributed by atoms with E-state index in [4.69, 9.17) is 9.68 Å². The zero-order chi connectivity index (χ0) is 17.1. The molecule has 4 aromatic rings. The smallest absolute Gasteiger partial charge is 0.135 e. The van der Waals surface area contributed by atoms with Crippen LogP contribution in [0.3, 0.4) is 0 Å². The number of hydrogen-bond acceptors (Lipinski definition) is 2. The van der Waals surface area contributed by atoms with Gasteiger partial charge >= 0.3 is 0 Å². The van der Waals surface area contributed by atoms with Crippen LogP contribution in [0.5, 0.6) is 0 Å². The van der Waals surface area contributed by atoms with Crippen molar-refractivity contribution in [1.82, 2.24) is 0 Å². The van der Waals surface area contributed by atoms with Crippen LogP contribution in [-0.2, 0) is 0 Å². The lowest BCUT2D eigenvalue weighted by molar-refractivity contribution is 0.631. The predicted molar refractivity (Wildman–Crippen MR) is 102 cm³/mol. The molecule has 0 atom stereocenters. The minimum Gasteiger partial charge on any atom is -0.456 e. The van der Waals surface area contributed by atoms with E-state index >= 15 is 0 Å². The quantitative estimate of drug-likeness (QED) is 0.425. The molecule has 0 saturated carbocycles. The van der Waals surface area contributed by atoms with Crippen molar-refractivity contribution in [2.24, 2.45) is 0 Å². The van der Waals surface area contributed by atoms with Gasteiger partial charge in [0.05, 0.1) is 11.6 Å². The van der Waals surface area contributed by atoms with Crippen LogP contribution in [0.15, 0.2) is 83.3 Å². The number of nitrogens with zero attached hydrogens (tertiary/aromatic N) is 1. The van der Waals surface area contributed by atoms with Crippen molar-refractivity contribution in [1.29, 1.82) is 5.26 Å². The first kappa shape index (κ1) is 15.0. The average molecular weight is 321 g/mol. The van der Waals surface area contributed by atoms with Crippen molar-refractivity contribution in [3.8, 4) is 17.4 Å². The monoisotopic (exact) mass is 321 g/mol. The van der Waals surface area contributed by atoms with Gasteiger partial charge in [-0.2, -0.15) is 5.26 Å². The molecule has 0 aliphatic carbocycles. The lowest BCUT2D eigenvalue weighted by Gasteiger charge is -1.97. The van der Waals surface area contributed by atoms with Crippen LogP contribution in [0.1, 0.15) is 16.7 Å². The molecule has 25 heavy (non-hydrogen) atoms. The fourth-order valence-corrected chi connectivity index (χ4v) is 2.83. The molecule has 0 amide bonds. The number of furan rings is 1. The van der Waals surface area contributed by atoms with E-state index in [9.17, 15) is 0 Å². The Balaban J connectivity index is 1.68. The molecule has 1 aromatic heterocycles. The second kappa shape index (κ2) is 6.51. The SMILES string of the molecule is N#Cc1ccccc1/C=C/c1ccc2cc(-c3ccccc3)oc2c1. The highest BCUT2D eigenvalue weighted by Crippen LogP contribution is 2.28. The van der Waals surface area contributed by atoms with E-state index in [1.54, 1.807) is 0 Å². The Labute approximate surface area is 146 Å². The van der Waals surface area contributed by atoms with Crippen molar-refractivity contribution >= 4 is 23.1 Å². The van der Waals surface area contributed by atoms with Crippen molar-refractivity contribution in [2.45, 2.75) is 0 Å². The third-order valence-corrected chi connectivity index (χ3v) is 4.14. The summed E-state index contributed by atoms with van der Waals surface area (Å²) in [6.45, 7) is 0. The van der Waals surface area contributed by atoms with Crippen LogP contribution in [0.2, 0.25) is 0 Å². The summed E-state index contributed by atoms with van der Waals surface area (Å²) in [5, 5.41) is 10.2. The summed E-state index contributed by atoms with van der Waals surface area (Å²) in [5.41, 5.74) is 4.54. The summed E-state index contributed by atoms with van der Waals surface area (Å²) in [7, 11) is 0. The van der Waals surface area contributed by atoms with Gasteiger partial charge in [0.15, 0.2) is 0 Å². The summed E-state index contributed by atoms with van der Waals surface area (Å²) in [4.78, 5) is 0. The summed E-state index contributed by atoms with van der Waals surface area (Å²) in [6, 6.07) is 28.0. The maximum atomic E-state index is 9.17. The molecule has 4 rings (SSSR count). The summed E-state index contributed by atoms with van der Waals surface area (Å²) in [5.74, 6) is 0.867. The lowest BCUT2D eigenvalue weighted by Crippen LogP contribution is -1.80. The summed E-state index contributed by atoms with van der Waals surface area (Å²) < 4.78 is 6.01. The fraction of sp³-hybridized carbons (Fsp3) is 0. The molecule has 0 bridgehead atoms. The zero-order valence-electron chi connectivity index (χ0n) is 13.5. The van der Waals surface area contributed by atoms with Crippen molar-refractivity contribution in [3.05, 3.63) is 95.6 Å². The van der Waals surface area contributed by atoms with Crippen LogP contribution in [0.4, 0.5) is 0 Å². The fourth-order valence-electron chi connectivity index (χ4n) is 2.83. The minimum absolute atomic E-state index is 0.671. The molecular formula is C23H15NO. The van der Waals surface area contributed by atoms with Crippen LogP contribution in [0.25, 0.3) is 34.4 Å². The van der Waals surface area contributed by atoms with E-state index < -0.39 is 0 Å². The number of fused-ring (bicyclic) bond motifs is 1. The van der Waals surface area contributed by atoms with Gasteiger partial charge in [-0.05, 0) is 29.3 Å². The molecule has 0 aliphatic heterocycles. The normalized spacial score (nSPS) is 11.0. The predicted octanol–water partition coefficient (Wildman–Crippen LogP) is 6.14. The van der Waals surface area contributed by atoms with E-state index in [2.05, 4.69) is 24.3 Å². The molecule has 2 heteroatoms. The molecule has 0 fully saturated rings. The van der Waals surface area contributed by atoms with Gasteiger partial charge in [-0.15, -0.1) is 0 Å². The van der Waals surface area contributed by atoms with Crippen molar-refractivity contribution in [2.75, 3.05) is 0 Å². The molecular weight excluding hydrogens is 306 g/mol. The Morgan fingerprint density at radius 1 is 0.800 bits per heavy atom. The molecule has 0 N–H and O–H groups in total. The molecule has 0 saturated heterocycles. The standard InChI is InChI=1S/C23H15NO/c24-16-21-9-5-4-6-18(21)12-10-17-11-13-20-15-23(25-22(20)14-17)19-7-2-1-3-8-19/h1-15H/b12-10+. The lowest BCUT2D eigenvalue weighted by atomic mass is 10.1. The second-order valence-corrected chi connectivity index (χ2v) is 5.81. The molecule has 0 unspecified atom stereocenters. The zero-order valence-corrected chi connectivity index (χ0v) is 13.5. The van der Waals surface area contributed by atoms with Crippen LogP contribution < -0.4 is 0 Å². The van der Waals surface area contributed by atoms with Gasteiger partial charge < -0.3 is 4.42 Å². The Morgan fingerprint density at radius 3 is 2.44 bits per heavy atom. The highest BCUT2D eigenvalue weighted by Gasteiger charge is 2.06. The van der Waals surface area contributed by atoms with Gasteiger partial charge in [-0.25, -0.2) is 0 Å². The van der Waals surface area contributed by atoms with E-state index in [0.717, 1.165) is 33.4 Å². The maximum Gasteiger partial charge on any atom is 0.135 e. The first-order valence-electron chi connectivity index (χ1n) is 8.10. The minimum atomic E-state index is 0.671. The highest BCUT2D eigenvalue weighted by molar-refractivity contribution is 5.86. The van der Waals surface area contributed by atoms with Gasteiger partial charge in [0.2, 0.25) is 0 Å². The van der Waals surface area contributed by atoms with Crippen LogP contribution in [0, 0.1) is 11.3 Å². The van der Waals surface area contributed by atoms with Gasteiger partial charge in [0, 0.05) is 10.9 Å². The van der Waals surface area contributed by atoms with Gasteiger partial charge in [0.25, 0.3) is 0 Å². The maximum absolute atomic E-state index is 9.17. The molecule has 118 valence electrons. The molecule has 1 heterocycles. The molecule has 0 aliphatic rings. The number of hydrogen-bond donors (Lipinski definition) is 0. The van der Waals surface area contributed by atoms with Gasteiger partial charge in [-0.3, -0.25) is 0 Å². The van der Waals surface area contributed by atoms with Gasteiger partial charge in [-0.1, -0.05) is 72.8 Å². The first-order chi connectivity index (χ1) is 12.3. The van der Waals surface area contributed by atoms with Crippen LogP contribution >= 0.6 is 0 Å². The Kier molecular flexibility index (Phi) is 3.90. The van der Waals surface area contributed by atoms with E-state index in [0.29, 0.717) is 5.56 Å². The number of nitriles is 1. The Hall–Kier alpha value is -3.57. The largest absolute Gasteiger partial charge is 0.456 e.